The first-order chi connectivity index (χ1) is 8.74. The molecule has 0 aliphatic carbocycles. The molecule has 0 spiro atoms. The van der Waals surface area contributed by atoms with E-state index in [9.17, 15) is 9.59 Å². The average molecular weight is 268 g/mol. The fourth-order valence-corrected chi connectivity index (χ4v) is 2.69. The lowest BCUT2D eigenvalue weighted by Crippen LogP contribution is -3.16. The molecule has 1 aromatic heterocycles. The van der Waals surface area contributed by atoms with Gasteiger partial charge in [0.15, 0.2) is 13.1 Å². The quantitative estimate of drug-likeness (QED) is 0.604. The topological polar surface area (TPSA) is 62.6 Å². The molecule has 18 heavy (non-hydrogen) atoms. The van der Waals surface area contributed by atoms with E-state index in [1.807, 2.05) is 11.4 Å². The minimum absolute atomic E-state index is 0.0243. The first-order valence-electron chi connectivity index (χ1n) is 6.13. The highest BCUT2D eigenvalue weighted by Gasteiger charge is 2.21. The summed E-state index contributed by atoms with van der Waals surface area (Å²) in [6.45, 7) is 2.94. The van der Waals surface area contributed by atoms with Crippen molar-refractivity contribution in [1.82, 2.24) is 10.6 Å². The van der Waals surface area contributed by atoms with Crippen LogP contribution in [0.2, 0.25) is 0 Å². The van der Waals surface area contributed by atoms with Crippen LogP contribution >= 0.6 is 11.3 Å². The SMILES string of the molecule is O=C(C[NH+]1CCNC(=O)C1)NCCc1cccs1. The number of piperazine rings is 1. The van der Waals surface area contributed by atoms with Crippen molar-refractivity contribution >= 4 is 23.2 Å². The molecule has 0 aromatic carbocycles. The Bertz CT molecular complexity index is 405. The number of carbonyl (C=O) groups excluding carboxylic acids is 2. The third kappa shape index (κ3) is 4.12. The van der Waals surface area contributed by atoms with E-state index in [4.69, 9.17) is 0 Å². The van der Waals surface area contributed by atoms with Gasteiger partial charge in [-0.15, -0.1) is 11.3 Å². The van der Waals surface area contributed by atoms with Crippen molar-refractivity contribution in [2.45, 2.75) is 6.42 Å². The summed E-state index contributed by atoms with van der Waals surface area (Å²) in [6, 6.07) is 4.08. The minimum atomic E-state index is 0.0243. The van der Waals surface area contributed by atoms with Gasteiger partial charge in [-0.3, -0.25) is 9.59 Å². The van der Waals surface area contributed by atoms with Gasteiger partial charge in [-0.25, -0.2) is 0 Å². The molecule has 1 unspecified atom stereocenters. The van der Waals surface area contributed by atoms with E-state index in [0.29, 0.717) is 26.2 Å². The molecule has 1 aromatic rings. The van der Waals surface area contributed by atoms with Crippen LogP contribution in [0.15, 0.2) is 17.5 Å². The van der Waals surface area contributed by atoms with Crippen molar-refractivity contribution in [2.75, 3.05) is 32.7 Å². The second-order valence-corrected chi connectivity index (χ2v) is 5.42. The second kappa shape index (κ2) is 6.51. The average Bonchev–Trinajstić information content (AvgIpc) is 2.82. The highest BCUT2D eigenvalue weighted by atomic mass is 32.1. The van der Waals surface area contributed by atoms with Crippen LogP contribution in [0.4, 0.5) is 0 Å². The maximum Gasteiger partial charge on any atom is 0.275 e. The number of hydrogen-bond acceptors (Lipinski definition) is 3. The van der Waals surface area contributed by atoms with Gasteiger partial charge in [-0.05, 0) is 17.9 Å². The van der Waals surface area contributed by atoms with Gasteiger partial charge >= 0.3 is 0 Å². The summed E-state index contributed by atoms with van der Waals surface area (Å²) in [5.41, 5.74) is 0. The van der Waals surface area contributed by atoms with Crippen molar-refractivity contribution in [1.29, 1.82) is 0 Å². The summed E-state index contributed by atoms with van der Waals surface area (Å²) in [7, 11) is 0. The Morgan fingerprint density at radius 2 is 2.44 bits per heavy atom. The van der Waals surface area contributed by atoms with Crippen LogP contribution in [-0.2, 0) is 16.0 Å². The maximum absolute atomic E-state index is 11.7. The predicted octanol–water partition coefficient (Wildman–Crippen LogP) is -1.58. The van der Waals surface area contributed by atoms with Gasteiger partial charge in [0.25, 0.3) is 11.8 Å². The molecule has 1 aliphatic rings. The summed E-state index contributed by atoms with van der Waals surface area (Å²) in [6.07, 6.45) is 0.874. The molecular weight excluding hydrogens is 250 g/mol. The number of hydrogen-bond donors (Lipinski definition) is 3. The molecular formula is C12H18N3O2S+. The summed E-state index contributed by atoms with van der Waals surface area (Å²) in [5, 5.41) is 7.69. The van der Waals surface area contributed by atoms with Gasteiger partial charge in [-0.1, -0.05) is 6.07 Å². The van der Waals surface area contributed by atoms with Crippen molar-refractivity contribution in [3.8, 4) is 0 Å². The highest BCUT2D eigenvalue weighted by molar-refractivity contribution is 7.09. The van der Waals surface area contributed by atoms with E-state index in [1.165, 1.54) is 4.88 Å². The third-order valence-corrected chi connectivity index (χ3v) is 3.83. The smallest absolute Gasteiger partial charge is 0.275 e. The molecule has 0 bridgehead atoms. The summed E-state index contributed by atoms with van der Waals surface area (Å²) in [5.74, 6) is 0.0545. The molecule has 5 nitrogen and oxygen atoms in total. The van der Waals surface area contributed by atoms with E-state index in [0.717, 1.165) is 17.9 Å². The summed E-state index contributed by atoms with van der Waals surface area (Å²) >= 11 is 1.70. The Labute approximate surface area is 110 Å². The first-order valence-corrected chi connectivity index (χ1v) is 7.01. The van der Waals surface area contributed by atoms with E-state index in [-0.39, 0.29) is 11.8 Å². The highest BCUT2D eigenvalue weighted by Crippen LogP contribution is 2.07. The van der Waals surface area contributed by atoms with Crippen LogP contribution in [-0.4, -0.2) is 44.5 Å². The molecule has 0 saturated carbocycles. The lowest BCUT2D eigenvalue weighted by Gasteiger charge is -2.22. The zero-order chi connectivity index (χ0) is 12.8. The number of thiophene rings is 1. The van der Waals surface area contributed by atoms with E-state index < -0.39 is 0 Å². The Balaban J connectivity index is 1.64. The summed E-state index contributed by atoms with van der Waals surface area (Å²) < 4.78 is 0. The first kappa shape index (κ1) is 13.0. The van der Waals surface area contributed by atoms with E-state index >= 15 is 0 Å². The Hall–Kier alpha value is -1.40. The van der Waals surface area contributed by atoms with E-state index in [1.54, 1.807) is 11.3 Å². The van der Waals surface area contributed by atoms with Crippen LogP contribution in [0.3, 0.4) is 0 Å². The molecule has 98 valence electrons. The molecule has 2 heterocycles. The van der Waals surface area contributed by atoms with Crippen molar-refractivity contribution < 1.29 is 14.5 Å². The summed E-state index contributed by atoms with van der Waals surface area (Å²) in [4.78, 5) is 25.2. The number of quaternary nitrogens is 1. The Morgan fingerprint density at radius 1 is 1.56 bits per heavy atom. The van der Waals surface area contributed by atoms with Crippen LogP contribution in [0.1, 0.15) is 4.88 Å². The molecule has 1 saturated heterocycles. The number of amides is 2. The van der Waals surface area contributed by atoms with Gasteiger partial charge in [0.05, 0.1) is 13.1 Å². The van der Waals surface area contributed by atoms with Crippen LogP contribution in [0.25, 0.3) is 0 Å². The molecule has 0 radical (unpaired) electrons. The number of nitrogens with one attached hydrogen (secondary N) is 3. The van der Waals surface area contributed by atoms with Gasteiger partial charge in [-0.2, -0.15) is 0 Å². The Kier molecular flexibility index (Phi) is 4.72. The fraction of sp³-hybridized carbons (Fsp3) is 0.500. The molecule has 6 heteroatoms. The number of carbonyl (C=O) groups is 2. The Morgan fingerprint density at radius 3 is 3.17 bits per heavy atom. The largest absolute Gasteiger partial charge is 0.351 e. The number of rotatable bonds is 5. The zero-order valence-electron chi connectivity index (χ0n) is 10.2. The fourth-order valence-electron chi connectivity index (χ4n) is 1.98. The molecule has 2 rings (SSSR count). The molecule has 2 amide bonds. The van der Waals surface area contributed by atoms with Crippen LogP contribution < -0.4 is 15.5 Å². The van der Waals surface area contributed by atoms with E-state index in [2.05, 4.69) is 16.7 Å². The van der Waals surface area contributed by atoms with Gasteiger partial charge < -0.3 is 15.5 Å². The molecule has 1 fully saturated rings. The molecule has 3 N–H and O–H groups in total. The third-order valence-electron chi connectivity index (χ3n) is 2.90. The molecule has 1 atom stereocenters. The second-order valence-electron chi connectivity index (χ2n) is 4.38. The predicted molar refractivity (Wildman–Crippen MR) is 69.6 cm³/mol. The van der Waals surface area contributed by atoms with Gasteiger partial charge in [0.2, 0.25) is 0 Å². The van der Waals surface area contributed by atoms with Crippen molar-refractivity contribution in [3.05, 3.63) is 22.4 Å². The molecule has 1 aliphatic heterocycles. The van der Waals surface area contributed by atoms with Gasteiger partial charge in [0.1, 0.15) is 0 Å². The minimum Gasteiger partial charge on any atom is -0.351 e. The monoisotopic (exact) mass is 268 g/mol. The van der Waals surface area contributed by atoms with Crippen molar-refractivity contribution in [3.63, 3.8) is 0 Å². The normalized spacial score (nSPS) is 19.3. The van der Waals surface area contributed by atoms with Crippen LogP contribution in [0.5, 0.6) is 0 Å². The lowest BCUT2D eigenvalue weighted by atomic mass is 10.3. The van der Waals surface area contributed by atoms with Crippen molar-refractivity contribution in [2.24, 2.45) is 0 Å². The maximum atomic E-state index is 11.7. The zero-order valence-corrected chi connectivity index (χ0v) is 11.0. The van der Waals surface area contributed by atoms with Crippen LogP contribution in [0, 0.1) is 0 Å². The standard InChI is InChI=1S/C12H17N3O2S/c16-11(8-15-6-5-14-12(17)9-15)13-4-3-10-2-1-7-18-10/h1-2,7H,3-6,8-9H2,(H,13,16)(H,14,17)/p+1. The lowest BCUT2D eigenvalue weighted by molar-refractivity contribution is -0.885. The van der Waals surface area contributed by atoms with Gasteiger partial charge in [0, 0.05) is 11.4 Å².